The number of carbonyl (C=O) groups is 1. The molecule has 0 bridgehead atoms. The molecule has 7 nitrogen and oxygen atoms in total. The maximum absolute atomic E-state index is 12.1. The molecule has 2 aromatic rings. The van der Waals surface area contributed by atoms with E-state index in [2.05, 4.69) is 31.2 Å². The first-order chi connectivity index (χ1) is 10.0. The summed E-state index contributed by atoms with van der Waals surface area (Å²) in [5.41, 5.74) is -1.13. The highest BCUT2D eigenvalue weighted by atomic mass is 79.9. The van der Waals surface area contributed by atoms with Crippen LogP contribution in [0.25, 0.3) is 0 Å². The second kappa shape index (κ2) is 4.98. The average Bonchev–Trinajstić information content (AvgIpc) is 2.83. The monoisotopic (exact) mass is 366 g/mol. The lowest BCUT2D eigenvalue weighted by molar-refractivity contribution is -0.119. The average molecular weight is 367 g/mol. The van der Waals surface area contributed by atoms with Gasteiger partial charge < -0.3 is 5.32 Å². The number of carbonyl (C=O) groups excluding carboxylic acids is 1. The first kappa shape index (κ1) is 13.8. The number of hydrogen-bond donors (Lipinski definition) is 3. The van der Waals surface area contributed by atoms with Gasteiger partial charge in [-0.05, 0) is 22.0 Å². The molecule has 0 spiro atoms. The van der Waals surface area contributed by atoms with Crippen LogP contribution >= 0.6 is 27.3 Å². The van der Waals surface area contributed by atoms with E-state index < -0.39 is 29.0 Å². The van der Waals surface area contributed by atoms with Crippen molar-refractivity contribution >= 4 is 39.0 Å². The number of nitrogens with one attached hydrogen (secondary N) is 3. The zero-order chi connectivity index (χ0) is 15.1. The molecule has 2 aromatic heterocycles. The maximum atomic E-state index is 12.1. The molecule has 106 valence electrons. The van der Waals surface area contributed by atoms with E-state index in [0.717, 1.165) is 4.47 Å². The number of halogens is 1. The molecule has 3 N–H and O–H groups in total. The Balaban J connectivity index is 2.30. The number of rotatable bonds is 1. The number of thiophene rings is 1. The number of H-pyrrole nitrogens is 2. The number of aromatic nitrogens is 2. The van der Waals surface area contributed by atoms with Crippen LogP contribution < -0.4 is 16.6 Å². The molecule has 1 amide bonds. The summed E-state index contributed by atoms with van der Waals surface area (Å²) >= 11 is 4.64. The predicted molar refractivity (Wildman–Crippen MR) is 79.3 cm³/mol. The molecule has 0 saturated heterocycles. The number of aromatic amines is 2. The van der Waals surface area contributed by atoms with Crippen molar-refractivity contribution in [2.75, 3.05) is 5.32 Å². The van der Waals surface area contributed by atoms with Crippen LogP contribution in [0.4, 0.5) is 5.82 Å². The summed E-state index contributed by atoms with van der Waals surface area (Å²) in [4.78, 5) is 40.7. The summed E-state index contributed by atoms with van der Waals surface area (Å²) in [6.45, 7) is 0. The molecule has 3 rings (SSSR count). The molecule has 2 unspecified atom stereocenters. The quantitative estimate of drug-likeness (QED) is 0.700. The number of nitrogens with zero attached hydrogens (tertiary/aromatic N) is 1. The van der Waals surface area contributed by atoms with Crippen molar-refractivity contribution in [2.24, 2.45) is 5.92 Å². The lowest BCUT2D eigenvalue weighted by atomic mass is 9.83. The molecule has 0 radical (unpaired) electrons. The van der Waals surface area contributed by atoms with Crippen LogP contribution in [0.15, 0.2) is 25.5 Å². The topological polar surface area (TPSA) is 119 Å². The number of amides is 1. The molecule has 3 heterocycles. The third kappa shape index (κ3) is 2.22. The second-order valence-electron chi connectivity index (χ2n) is 4.44. The zero-order valence-electron chi connectivity index (χ0n) is 10.3. The summed E-state index contributed by atoms with van der Waals surface area (Å²) in [5, 5.41) is 13.5. The van der Waals surface area contributed by atoms with Gasteiger partial charge in [0.1, 0.15) is 11.7 Å². The number of nitriles is 1. The van der Waals surface area contributed by atoms with E-state index in [-0.39, 0.29) is 11.4 Å². The van der Waals surface area contributed by atoms with E-state index in [1.807, 2.05) is 6.07 Å². The fourth-order valence-corrected chi connectivity index (χ4v) is 3.93. The van der Waals surface area contributed by atoms with E-state index in [4.69, 9.17) is 0 Å². The summed E-state index contributed by atoms with van der Waals surface area (Å²) in [6, 6.07) is 3.69. The minimum absolute atomic E-state index is 0.0507. The minimum atomic E-state index is -1.03. The van der Waals surface area contributed by atoms with Crippen LogP contribution in [-0.4, -0.2) is 15.9 Å². The van der Waals surface area contributed by atoms with Crippen molar-refractivity contribution in [3.05, 3.63) is 47.2 Å². The van der Waals surface area contributed by atoms with E-state index in [9.17, 15) is 19.6 Å². The van der Waals surface area contributed by atoms with E-state index in [1.165, 1.54) is 11.3 Å². The van der Waals surface area contributed by atoms with Gasteiger partial charge in [0.15, 0.2) is 0 Å². The molecule has 0 fully saturated rings. The third-order valence-corrected chi connectivity index (χ3v) is 4.96. The first-order valence-electron chi connectivity index (χ1n) is 5.82. The first-order valence-corrected chi connectivity index (χ1v) is 7.49. The molecular weight excluding hydrogens is 360 g/mol. The Morgan fingerprint density at radius 3 is 2.67 bits per heavy atom. The van der Waals surface area contributed by atoms with Crippen molar-refractivity contribution in [3.63, 3.8) is 0 Å². The van der Waals surface area contributed by atoms with Gasteiger partial charge in [-0.3, -0.25) is 19.6 Å². The van der Waals surface area contributed by atoms with Crippen LogP contribution in [0.1, 0.15) is 16.4 Å². The van der Waals surface area contributed by atoms with Crippen LogP contribution in [0.2, 0.25) is 0 Å². The second-order valence-corrected chi connectivity index (χ2v) is 6.30. The summed E-state index contributed by atoms with van der Waals surface area (Å²) in [5.74, 6) is -2.23. The molecule has 0 aromatic carbocycles. The number of hydrogen-bond acceptors (Lipinski definition) is 5. The predicted octanol–water partition coefficient (Wildman–Crippen LogP) is 1.11. The Morgan fingerprint density at radius 1 is 1.29 bits per heavy atom. The van der Waals surface area contributed by atoms with Crippen molar-refractivity contribution in [2.45, 2.75) is 5.92 Å². The molecule has 0 aliphatic carbocycles. The van der Waals surface area contributed by atoms with Gasteiger partial charge in [-0.15, -0.1) is 11.3 Å². The summed E-state index contributed by atoms with van der Waals surface area (Å²) in [6.07, 6.45) is 0. The van der Waals surface area contributed by atoms with Crippen LogP contribution in [0.3, 0.4) is 0 Å². The standard InChI is InChI=1S/C12H7BrN4O3S/c13-4-1-6(21-3-4)7-5(2-14)10(18)15-9-8(7)11(19)17-12(20)16-9/h1,3,5,7H,(H3,15,16,17,18,19,20). The van der Waals surface area contributed by atoms with E-state index >= 15 is 0 Å². The third-order valence-electron chi connectivity index (χ3n) is 3.19. The highest BCUT2D eigenvalue weighted by molar-refractivity contribution is 9.10. The van der Waals surface area contributed by atoms with Gasteiger partial charge in [-0.2, -0.15) is 5.26 Å². The molecule has 1 aliphatic heterocycles. The van der Waals surface area contributed by atoms with Gasteiger partial charge in [0.2, 0.25) is 5.91 Å². The molecule has 1 aliphatic rings. The molecule has 9 heteroatoms. The Bertz CT molecular complexity index is 891. The number of anilines is 1. The van der Waals surface area contributed by atoms with Crippen LogP contribution in [-0.2, 0) is 4.79 Å². The lowest BCUT2D eigenvalue weighted by Gasteiger charge is -2.26. The van der Waals surface area contributed by atoms with Gasteiger partial charge >= 0.3 is 5.69 Å². The minimum Gasteiger partial charge on any atom is -0.311 e. The molecular formula is C12H7BrN4O3S. The Labute approximate surface area is 129 Å². The fourth-order valence-electron chi connectivity index (χ4n) is 2.34. The smallest absolute Gasteiger partial charge is 0.311 e. The van der Waals surface area contributed by atoms with Gasteiger partial charge in [-0.1, -0.05) is 0 Å². The normalized spacial score (nSPS) is 20.5. The Hall–Kier alpha value is -2.18. The largest absolute Gasteiger partial charge is 0.327 e. The highest BCUT2D eigenvalue weighted by Crippen LogP contribution is 2.40. The molecule has 2 atom stereocenters. The van der Waals surface area contributed by atoms with Gasteiger partial charge in [0.05, 0.1) is 17.6 Å². The van der Waals surface area contributed by atoms with Crippen LogP contribution in [0, 0.1) is 17.2 Å². The van der Waals surface area contributed by atoms with E-state index in [1.54, 1.807) is 11.4 Å². The molecule has 21 heavy (non-hydrogen) atoms. The lowest BCUT2D eigenvalue weighted by Crippen LogP contribution is -2.40. The van der Waals surface area contributed by atoms with Crippen LogP contribution in [0.5, 0.6) is 0 Å². The van der Waals surface area contributed by atoms with Crippen molar-refractivity contribution in [1.29, 1.82) is 5.26 Å². The van der Waals surface area contributed by atoms with Crippen molar-refractivity contribution in [1.82, 2.24) is 9.97 Å². The highest BCUT2D eigenvalue weighted by Gasteiger charge is 2.40. The van der Waals surface area contributed by atoms with Crippen molar-refractivity contribution < 1.29 is 4.79 Å². The van der Waals surface area contributed by atoms with Crippen molar-refractivity contribution in [3.8, 4) is 6.07 Å². The Morgan fingerprint density at radius 2 is 2.05 bits per heavy atom. The zero-order valence-corrected chi connectivity index (χ0v) is 12.7. The van der Waals surface area contributed by atoms with Gasteiger partial charge in [0, 0.05) is 14.7 Å². The van der Waals surface area contributed by atoms with Gasteiger partial charge in [0.25, 0.3) is 5.56 Å². The van der Waals surface area contributed by atoms with Gasteiger partial charge in [-0.25, -0.2) is 4.79 Å². The summed E-state index contributed by atoms with van der Waals surface area (Å²) in [7, 11) is 0. The Kier molecular flexibility index (Phi) is 3.27. The number of fused-ring (bicyclic) bond motifs is 1. The summed E-state index contributed by atoms with van der Waals surface area (Å²) < 4.78 is 0.799. The fraction of sp³-hybridized carbons (Fsp3) is 0.167. The van der Waals surface area contributed by atoms with E-state index in [0.29, 0.717) is 4.88 Å². The SMILES string of the molecule is N#CC1C(=O)Nc2[nH]c(=O)[nH]c(=O)c2C1c1cc(Br)cs1. The maximum Gasteiger partial charge on any atom is 0.327 e. The molecule has 0 saturated carbocycles.